The number of hydrazone groups is 1. The molecule has 138 valence electrons. The van der Waals surface area contributed by atoms with E-state index in [0.29, 0.717) is 22.7 Å². The number of carbonyl (C=O) groups excluding carboxylic acids is 1. The number of anilines is 1. The lowest BCUT2D eigenvalue weighted by Gasteiger charge is -2.10. The van der Waals surface area contributed by atoms with Crippen LogP contribution in [-0.4, -0.2) is 35.7 Å². The van der Waals surface area contributed by atoms with Crippen LogP contribution in [0.25, 0.3) is 0 Å². The van der Waals surface area contributed by atoms with Gasteiger partial charge in [-0.25, -0.2) is 10.4 Å². The predicted molar refractivity (Wildman–Crippen MR) is 97.1 cm³/mol. The molecule has 0 aliphatic heterocycles. The average Bonchev–Trinajstić information content (AvgIpc) is 2.93. The molecule has 0 saturated heterocycles. The Hall–Kier alpha value is -3.21. The van der Waals surface area contributed by atoms with Crippen molar-refractivity contribution in [2.75, 3.05) is 19.5 Å². The number of thiazole rings is 1. The summed E-state index contributed by atoms with van der Waals surface area (Å²) in [6, 6.07) is 2.80. The van der Waals surface area contributed by atoms with Crippen LogP contribution in [0.3, 0.4) is 0 Å². The standard InChI is InChI=1S/C15H17N5O5S/c1-4-25-11-6-9(5-10(20(22)23)12(11)24-3)7-17-19-14(21)13-8(2)18-15(16)26-13/h5-7H,4H2,1-3H3,(H2,16,18)(H,19,21)/b17-7-. The largest absolute Gasteiger partial charge is 0.490 e. The maximum atomic E-state index is 12.1. The molecule has 1 heterocycles. The number of rotatable bonds is 7. The van der Waals surface area contributed by atoms with Crippen LogP contribution >= 0.6 is 11.3 Å². The van der Waals surface area contributed by atoms with Crippen LogP contribution in [-0.2, 0) is 0 Å². The monoisotopic (exact) mass is 379 g/mol. The maximum absolute atomic E-state index is 12.1. The number of carbonyl (C=O) groups is 1. The molecular weight excluding hydrogens is 362 g/mol. The zero-order valence-corrected chi connectivity index (χ0v) is 15.1. The Morgan fingerprint density at radius 1 is 1.54 bits per heavy atom. The van der Waals surface area contributed by atoms with Crippen LogP contribution in [0.5, 0.6) is 11.5 Å². The molecule has 11 heteroatoms. The molecule has 1 aromatic heterocycles. The Bertz CT molecular complexity index is 864. The number of ether oxygens (including phenoxy) is 2. The number of nitrogens with two attached hydrogens (primary N) is 1. The molecule has 0 bridgehead atoms. The van der Waals surface area contributed by atoms with E-state index in [4.69, 9.17) is 15.2 Å². The van der Waals surface area contributed by atoms with Gasteiger partial charge in [0.1, 0.15) is 4.88 Å². The zero-order chi connectivity index (χ0) is 19.3. The third-order valence-electron chi connectivity index (χ3n) is 3.16. The summed E-state index contributed by atoms with van der Waals surface area (Å²) in [4.78, 5) is 27.0. The second-order valence-electron chi connectivity index (χ2n) is 4.93. The summed E-state index contributed by atoms with van der Waals surface area (Å²) in [6.07, 6.45) is 1.27. The van der Waals surface area contributed by atoms with E-state index in [0.717, 1.165) is 11.3 Å². The van der Waals surface area contributed by atoms with Gasteiger partial charge in [0.25, 0.3) is 5.91 Å². The van der Waals surface area contributed by atoms with Crippen molar-refractivity contribution in [2.45, 2.75) is 13.8 Å². The fraction of sp³-hybridized carbons (Fsp3) is 0.267. The van der Waals surface area contributed by atoms with E-state index in [2.05, 4.69) is 15.5 Å². The van der Waals surface area contributed by atoms with Gasteiger partial charge in [-0.1, -0.05) is 11.3 Å². The Kier molecular flexibility index (Phi) is 6.07. The number of nitro benzene ring substituents is 1. The van der Waals surface area contributed by atoms with Crippen molar-refractivity contribution in [1.29, 1.82) is 0 Å². The number of nitrogen functional groups attached to an aromatic ring is 1. The maximum Gasteiger partial charge on any atom is 0.315 e. The Balaban J connectivity index is 2.25. The molecule has 2 aromatic rings. The number of aromatic nitrogens is 1. The summed E-state index contributed by atoms with van der Waals surface area (Å²) in [5.41, 5.74) is 8.48. The molecule has 1 aromatic carbocycles. The minimum Gasteiger partial charge on any atom is -0.490 e. The van der Waals surface area contributed by atoms with Crippen molar-refractivity contribution in [1.82, 2.24) is 10.4 Å². The molecule has 0 atom stereocenters. The van der Waals surface area contributed by atoms with Gasteiger partial charge in [0.15, 0.2) is 10.9 Å². The molecule has 0 fully saturated rings. The summed E-state index contributed by atoms with van der Waals surface area (Å²) in [5, 5.41) is 15.3. The smallest absolute Gasteiger partial charge is 0.315 e. The highest BCUT2D eigenvalue weighted by Crippen LogP contribution is 2.37. The molecule has 0 unspecified atom stereocenters. The van der Waals surface area contributed by atoms with Gasteiger partial charge in [-0.15, -0.1) is 0 Å². The summed E-state index contributed by atoms with van der Waals surface area (Å²) >= 11 is 1.04. The molecule has 1 amide bonds. The normalized spacial score (nSPS) is 10.7. The molecule has 0 saturated carbocycles. The van der Waals surface area contributed by atoms with Crippen molar-refractivity contribution >= 4 is 34.3 Å². The van der Waals surface area contributed by atoms with E-state index in [9.17, 15) is 14.9 Å². The van der Waals surface area contributed by atoms with Gasteiger partial charge in [0.05, 0.1) is 30.5 Å². The van der Waals surface area contributed by atoms with E-state index < -0.39 is 10.8 Å². The molecule has 10 nitrogen and oxygen atoms in total. The van der Waals surface area contributed by atoms with Gasteiger partial charge < -0.3 is 15.2 Å². The lowest BCUT2D eigenvalue weighted by atomic mass is 10.2. The summed E-state index contributed by atoms with van der Waals surface area (Å²) in [6.45, 7) is 3.71. The van der Waals surface area contributed by atoms with Gasteiger partial charge in [0, 0.05) is 11.6 Å². The number of benzene rings is 1. The molecule has 26 heavy (non-hydrogen) atoms. The van der Waals surface area contributed by atoms with Crippen LogP contribution in [0.15, 0.2) is 17.2 Å². The summed E-state index contributed by atoms with van der Waals surface area (Å²) < 4.78 is 10.4. The van der Waals surface area contributed by atoms with E-state index in [1.165, 1.54) is 25.5 Å². The van der Waals surface area contributed by atoms with E-state index in [1.807, 2.05) is 0 Å². The topological polar surface area (TPSA) is 142 Å². The van der Waals surface area contributed by atoms with E-state index in [-0.39, 0.29) is 22.3 Å². The Morgan fingerprint density at radius 3 is 2.81 bits per heavy atom. The number of amides is 1. The first-order chi connectivity index (χ1) is 12.4. The van der Waals surface area contributed by atoms with Gasteiger partial charge in [-0.2, -0.15) is 5.10 Å². The molecule has 0 radical (unpaired) electrons. The lowest BCUT2D eigenvalue weighted by Crippen LogP contribution is -2.17. The molecule has 0 aliphatic carbocycles. The molecule has 2 rings (SSSR count). The van der Waals surface area contributed by atoms with Gasteiger partial charge in [-0.3, -0.25) is 14.9 Å². The van der Waals surface area contributed by atoms with Crippen molar-refractivity contribution in [2.24, 2.45) is 5.10 Å². The highest BCUT2D eigenvalue weighted by Gasteiger charge is 2.21. The van der Waals surface area contributed by atoms with Gasteiger partial charge >= 0.3 is 5.69 Å². The van der Waals surface area contributed by atoms with Gasteiger partial charge in [-0.05, 0) is 19.9 Å². The SMILES string of the molecule is CCOc1cc(/C=N\NC(=O)c2sc(N)nc2C)cc([N+](=O)[O-])c1OC. The number of nitro groups is 1. The number of aryl methyl sites for hydroxylation is 1. The highest BCUT2D eigenvalue weighted by atomic mass is 32.1. The Labute approximate surface area is 152 Å². The third-order valence-corrected chi connectivity index (χ3v) is 4.14. The number of nitrogens with one attached hydrogen (secondary N) is 1. The van der Waals surface area contributed by atoms with Crippen molar-refractivity contribution < 1.29 is 19.2 Å². The summed E-state index contributed by atoms with van der Waals surface area (Å²) in [7, 11) is 1.32. The van der Waals surface area contributed by atoms with Crippen LogP contribution in [0, 0.1) is 17.0 Å². The lowest BCUT2D eigenvalue weighted by molar-refractivity contribution is -0.385. The van der Waals surface area contributed by atoms with Crippen molar-refractivity contribution in [3.05, 3.63) is 38.4 Å². The zero-order valence-electron chi connectivity index (χ0n) is 14.3. The second kappa shape index (κ2) is 8.25. The second-order valence-corrected chi connectivity index (χ2v) is 5.96. The first-order valence-electron chi connectivity index (χ1n) is 7.42. The minimum atomic E-state index is -0.583. The third kappa shape index (κ3) is 4.25. The quantitative estimate of drug-likeness (QED) is 0.426. The van der Waals surface area contributed by atoms with E-state index in [1.54, 1.807) is 13.8 Å². The molecule has 0 spiro atoms. The van der Waals surface area contributed by atoms with Crippen LogP contribution in [0.1, 0.15) is 27.9 Å². The van der Waals surface area contributed by atoms with Crippen LogP contribution in [0.2, 0.25) is 0 Å². The molecule has 3 N–H and O–H groups in total. The van der Waals surface area contributed by atoms with Crippen molar-refractivity contribution in [3.63, 3.8) is 0 Å². The fourth-order valence-corrected chi connectivity index (χ4v) is 2.85. The Morgan fingerprint density at radius 2 is 2.27 bits per heavy atom. The van der Waals surface area contributed by atoms with Crippen molar-refractivity contribution in [3.8, 4) is 11.5 Å². The van der Waals surface area contributed by atoms with Crippen LogP contribution < -0.4 is 20.6 Å². The summed E-state index contributed by atoms with van der Waals surface area (Å²) in [5.74, 6) is -0.238. The average molecular weight is 379 g/mol. The predicted octanol–water partition coefficient (Wildman–Crippen LogP) is 2.11. The fourth-order valence-electron chi connectivity index (χ4n) is 2.13. The van der Waals surface area contributed by atoms with Crippen LogP contribution in [0.4, 0.5) is 10.8 Å². The van der Waals surface area contributed by atoms with Gasteiger partial charge in [0.2, 0.25) is 5.75 Å². The number of hydrogen-bond donors (Lipinski definition) is 2. The highest BCUT2D eigenvalue weighted by molar-refractivity contribution is 7.17. The number of methoxy groups -OCH3 is 1. The van der Waals surface area contributed by atoms with E-state index >= 15 is 0 Å². The minimum absolute atomic E-state index is 0.0220. The number of hydrogen-bond acceptors (Lipinski definition) is 9. The number of nitrogens with zero attached hydrogens (tertiary/aromatic N) is 3. The molecular formula is C15H17N5O5S. The first kappa shape index (κ1) is 19.1. The first-order valence-corrected chi connectivity index (χ1v) is 8.24. The molecule has 0 aliphatic rings.